The van der Waals surface area contributed by atoms with Gasteiger partial charge in [0.15, 0.2) is 0 Å². The summed E-state index contributed by atoms with van der Waals surface area (Å²) < 4.78 is 0. The molecule has 1 unspecified atom stereocenters. The highest BCUT2D eigenvalue weighted by molar-refractivity contribution is 5.96. The molecule has 0 saturated heterocycles. The van der Waals surface area contributed by atoms with E-state index in [0.29, 0.717) is 0 Å². The van der Waals surface area contributed by atoms with Crippen LogP contribution in [0.4, 0.5) is 11.4 Å². The molecule has 1 aromatic heterocycles. The molecular weight excluding hydrogens is 406 g/mol. The van der Waals surface area contributed by atoms with Gasteiger partial charge in [-0.2, -0.15) is 0 Å². The van der Waals surface area contributed by atoms with Crippen molar-refractivity contribution in [2.45, 2.75) is 19.8 Å². The molecule has 0 spiro atoms. The van der Waals surface area contributed by atoms with Gasteiger partial charge in [-0.3, -0.25) is 9.78 Å². The van der Waals surface area contributed by atoms with Crippen LogP contribution in [0.15, 0.2) is 91.1 Å². The number of amides is 1. The number of pyridine rings is 1. The van der Waals surface area contributed by atoms with Crippen molar-refractivity contribution in [2.24, 2.45) is 0 Å². The summed E-state index contributed by atoms with van der Waals surface area (Å²) in [5, 5.41) is 3.05. The van der Waals surface area contributed by atoms with Crippen molar-refractivity contribution in [2.75, 3.05) is 24.3 Å². The Kier molecular flexibility index (Phi) is 6.55. The third kappa shape index (κ3) is 5.29. The van der Waals surface area contributed by atoms with E-state index in [4.69, 9.17) is 0 Å². The van der Waals surface area contributed by atoms with Crippen molar-refractivity contribution in [1.29, 1.82) is 0 Å². The van der Waals surface area contributed by atoms with Gasteiger partial charge in [0.2, 0.25) is 5.91 Å². The number of benzene rings is 3. The lowest BCUT2D eigenvalue weighted by Crippen LogP contribution is -2.18. The summed E-state index contributed by atoms with van der Waals surface area (Å²) in [6.45, 7) is 3.92. The minimum absolute atomic E-state index is 0.0254. The van der Waals surface area contributed by atoms with Gasteiger partial charge in [0.1, 0.15) is 0 Å². The number of carbonyl (C=O) groups excluding carboxylic acids is 1. The fourth-order valence-corrected chi connectivity index (χ4v) is 3.81. The van der Waals surface area contributed by atoms with E-state index in [1.54, 1.807) is 0 Å². The largest absolute Gasteiger partial charge is 0.378 e. The minimum Gasteiger partial charge on any atom is -0.378 e. The molecule has 0 bridgehead atoms. The monoisotopic (exact) mass is 435 g/mol. The van der Waals surface area contributed by atoms with Gasteiger partial charge < -0.3 is 10.2 Å². The molecule has 4 nitrogen and oxygen atoms in total. The molecule has 4 heteroatoms. The topological polar surface area (TPSA) is 45.2 Å². The van der Waals surface area contributed by atoms with Gasteiger partial charge in [-0.15, -0.1) is 0 Å². The first-order chi connectivity index (χ1) is 15.9. The van der Waals surface area contributed by atoms with E-state index in [1.807, 2.05) is 76.6 Å². The third-order valence-corrected chi connectivity index (χ3v) is 5.88. The van der Waals surface area contributed by atoms with Crippen LogP contribution in [0.3, 0.4) is 0 Å². The molecule has 0 aliphatic rings. The average molecular weight is 436 g/mol. The molecule has 0 fully saturated rings. The van der Waals surface area contributed by atoms with E-state index in [1.165, 1.54) is 0 Å². The molecule has 33 heavy (non-hydrogen) atoms. The molecule has 0 aliphatic carbocycles. The molecule has 1 atom stereocenters. The van der Waals surface area contributed by atoms with Crippen LogP contribution in [0, 0.1) is 6.92 Å². The molecule has 0 aliphatic heterocycles. The smallest absolute Gasteiger partial charge is 0.231 e. The zero-order valence-electron chi connectivity index (χ0n) is 19.5. The van der Waals surface area contributed by atoms with Gasteiger partial charge in [-0.05, 0) is 78.1 Å². The number of nitrogens with zero attached hydrogens (tertiary/aromatic N) is 2. The van der Waals surface area contributed by atoms with E-state index in [0.717, 1.165) is 44.9 Å². The van der Waals surface area contributed by atoms with Gasteiger partial charge in [0.25, 0.3) is 0 Å². The van der Waals surface area contributed by atoms with Gasteiger partial charge in [-0.1, -0.05) is 48.5 Å². The minimum atomic E-state index is -0.270. The first kappa shape index (κ1) is 22.3. The summed E-state index contributed by atoms with van der Waals surface area (Å²) in [5.41, 5.74) is 8.37. The third-order valence-electron chi connectivity index (χ3n) is 5.88. The van der Waals surface area contributed by atoms with Crippen molar-refractivity contribution in [3.05, 3.63) is 102 Å². The van der Waals surface area contributed by atoms with Crippen LogP contribution in [-0.2, 0) is 4.79 Å². The molecule has 1 N–H and O–H groups in total. The van der Waals surface area contributed by atoms with Gasteiger partial charge in [-0.25, -0.2) is 0 Å². The molecule has 3 aromatic carbocycles. The van der Waals surface area contributed by atoms with E-state index in [2.05, 4.69) is 57.7 Å². The van der Waals surface area contributed by atoms with Crippen LogP contribution in [0.2, 0.25) is 0 Å². The number of nitrogens with one attached hydrogen (secondary N) is 1. The Morgan fingerprint density at radius 3 is 2.09 bits per heavy atom. The normalized spacial score (nSPS) is 11.6. The maximum Gasteiger partial charge on any atom is 0.231 e. The predicted molar refractivity (Wildman–Crippen MR) is 138 cm³/mol. The van der Waals surface area contributed by atoms with E-state index in [-0.39, 0.29) is 11.8 Å². The first-order valence-corrected chi connectivity index (χ1v) is 11.1. The first-order valence-electron chi connectivity index (χ1n) is 11.1. The summed E-state index contributed by atoms with van der Waals surface area (Å²) in [6.07, 6.45) is 1.81. The Hall–Kier alpha value is -3.92. The molecule has 1 amide bonds. The lowest BCUT2D eigenvalue weighted by Gasteiger charge is -2.15. The Morgan fingerprint density at radius 2 is 1.45 bits per heavy atom. The number of anilines is 2. The second-order valence-corrected chi connectivity index (χ2v) is 8.54. The van der Waals surface area contributed by atoms with E-state index < -0.39 is 0 Å². The van der Waals surface area contributed by atoms with Crippen molar-refractivity contribution in [1.82, 2.24) is 4.98 Å². The molecule has 1 heterocycles. The van der Waals surface area contributed by atoms with Crippen LogP contribution in [0.1, 0.15) is 24.1 Å². The van der Waals surface area contributed by atoms with Gasteiger partial charge >= 0.3 is 0 Å². The standard InChI is InChI=1S/C29H29N3O/c1-20-18-26(16-17-30-20)22-8-12-27(13-9-22)31-29(33)21(2)24-6-5-7-25(19-24)23-10-14-28(15-11-23)32(3)4/h5-19,21H,1-4H3,(H,31,33). The van der Waals surface area contributed by atoms with Crippen molar-refractivity contribution >= 4 is 17.3 Å². The van der Waals surface area contributed by atoms with Crippen LogP contribution in [0.25, 0.3) is 22.3 Å². The summed E-state index contributed by atoms with van der Waals surface area (Å²) in [6, 6.07) is 28.6. The van der Waals surface area contributed by atoms with Crippen LogP contribution in [0.5, 0.6) is 0 Å². The molecule has 4 rings (SSSR count). The number of hydrogen-bond donors (Lipinski definition) is 1. The zero-order valence-corrected chi connectivity index (χ0v) is 19.5. The summed E-state index contributed by atoms with van der Waals surface area (Å²) in [5.74, 6) is -0.295. The second kappa shape index (κ2) is 9.70. The molecule has 0 radical (unpaired) electrons. The number of aromatic nitrogens is 1. The maximum absolute atomic E-state index is 13.0. The zero-order chi connectivity index (χ0) is 23.4. The Bertz CT molecular complexity index is 1240. The molecule has 0 saturated carbocycles. The predicted octanol–water partition coefficient (Wildman–Crippen LogP) is 6.53. The summed E-state index contributed by atoms with van der Waals surface area (Å²) >= 11 is 0. The maximum atomic E-state index is 13.0. The summed E-state index contributed by atoms with van der Waals surface area (Å²) in [7, 11) is 4.06. The highest BCUT2D eigenvalue weighted by Gasteiger charge is 2.16. The molecular formula is C29H29N3O. The van der Waals surface area contributed by atoms with Gasteiger partial charge in [0.05, 0.1) is 5.92 Å². The Balaban J connectivity index is 1.46. The Morgan fingerprint density at radius 1 is 0.818 bits per heavy atom. The van der Waals surface area contributed by atoms with Crippen LogP contribution in [-0.4, -0.2) is 25.0 Å². The van der Waals surface area contributed by atoms with Crippen LogP contribution < -0.4 is 10.2 Å². The van der Waals surface area contributed by atoms with Gasteiger partial charge in [0, 0.05) is 37.4 Å². The SMILES string of the molecule is Cc1cc(-c2ccc(NC(=O)C(C)c3cccc(-c4ccc(N(C)C)cc4)c3)cc2)ccn1. The Labute approximate surface area is 195 Å². The number of aryl methyl sites for hydroxylation is 1. The lowest BCUT2D eigenvalue weighted by molar-refractivity contribution is -0.117. The number of rotatable bonds is 6. The molecule has 4 aromatic rings. The van der Waals surface area contributed by atoms with Crippen molar-refractivity contribution in [3.8, 4) is 22.3 Å². The second-order valence-electron chi connectivity index (χ2n) is 8.54. The van der Waals surface area contributed by atoms with Crippen molar-refractivity contribution < 1.29 is 4.79 Å². The van der Waals surface area contributed by atoms with Crippen LogP contribution >= 0.6 is 0 Å². The lowest BCUT2D eigenvalue weighted by atomic mass is 9.95. The van der Waals surface area contributed by atoms with Crippen molar-refractivity contribution in [3.63, 3.8) is 0 Å². The number of carbonyl (C=O) groups is 1. The summed E-state index contributed by atoms with van der Waals surface area (Å²) in [4.78, 5) is 19.3. The fourth-order valence-electron chi connectivity index (χ4n) is 3.81. The highest BCUT2D eigenvalue weighted by Crippen LogP contribution is 2.27. The fraction of sp³-hybridized carbons (Fsp3) is 0.172. The van der Waals surface area contributed by atoms with E-state index >= 15 is 0 Å². The number of hydrogen-bond acceptors (Lipinski definition) is 3. The van der Waals surface area contributed by atoms with E-state index in [9.17, 15) is 4.79 Å². The molecule has 166 valence electrons. The quantitative estimate of drug-likeness (QED) is 0.374. The average Bonchev–Trinajstić information content (AvgIpc) is 2.84. The highest BCUT2D eigenvalue weighted by atomic mass is 16.1.